The molecule has 0 aliphatic rings. The third kappa shape index (κ3) is 13.0. The predicted molar refractivity (Wildman–Crippen MR) is 73.7 cm³/mol. The van der Waals surface area contributed by atoms with E-state index in [-0.39, 0.29) is 0 Å². The van der Waals surface area contributed by atoms with Gasteiger partial charge in [-0.2, -0.15) is 0 Å². The lowest BCUT2D eigenvalue weighted by Crippen LogP contribution is -2.42. The lowest BCUT2D eigenvalue weighted by Gasteiger charge is -2.18. The maximum atomic E-state index is 10.3. The minimum Gasteiger partial charge on any atom is -0.481 e. The predicted octanol–water partition coefficient (Wildman–Crippen LogP) is -0.784. The molecular weight excluding hydrogens is 284 g/mol. The molecule has 0 aromatic rings. The molecule has 0 aliphatic carbocycles. The van der Waals surface area contributed by atoms with Crippen LogP contribution in [0.5, 0.6) is 0 Å². The van der Waals surface area contributed by atoms with Crippen molar-refractivity contribution in [1.82, 2.24) is 0 Å². The normalized spacial score (nSPS) is 10.4. The molecule has 0 unspecified atom stereocenters. The second kappa shape index (κ2) is 12.1. The number of aliphatic hydroxyl groups is 1. The van der Waals surface area contributed by atoms with Gasteiger partial charge in [0.2, 0.25) is 0 Å². The molecule has 0 rings (SSSR count). The largest absolute Gasteiger partial charge is 0.481 e. The van der Waals surface area contributed by atoms with Gasteiger partial charge in [0.25, 0.3) is 0 Å². The molecule has 9 nitrogen and oxygen atoms in total. The smallest absolute Gasteiger partial charge is 0.336 e. The summed E-state index contributed by atoms with van der Waals surface area (Å²) in [6.45, 7) is 1.65. The van der Waals surface area contributed by atoms with Crippen LogP contribution in [-0.2, 0) is 14.4 Å². The molecule has 124 valence electrons. The van der Waals surface area contributed by atoms with Crippen LogP contribution in [0.2, 0.25) is 0 Å². The van der Waals surface area contributed by atoms with Crippen molar-refractivity contribution in [2.45, 2.75) is 44.1 Å². The molecular formula is C12H24N2O7. The minimum absolute atomic E-state index is 0.824. The standard InChI is InChI=1S/C6H16N2.C6H8O7/c7-5-3-1-2-4-6-8;7-3(8)1-6(13,5(11)12)2-4(9)10/h1-8H2;13H,1-2H2,(H,7,8)(H,9,10)(H,11,12). The van der Waals surface area contributed by atoms with Crippen LogP contribution in [-0.4, -0.2) is 57.0 Å². The van der Waals surface area contributed by atoms with Crippen molar-refractivity contribution in [3.63, 3.8) is 0 Å². The van der Waals surface area contributed by atoms with Gasteiger partial charge in [-0.25, -0.2) is 4.79 Å². The van der Waals surface area contributed by atoms with E-state index in [0.29, 0.717) is 0 Å². The molecule has 0 heterocycles. The van der Waals surface area contributed by atoms with E-state index in [0.717, 1.165) is 25.9 Å². The van der Waals surface area contributed by atoms with Gasteiger partial charge in [0.1, 0.15) is 0 Å². The monoisotopic (exact) mass is 308 g/mol. The second-order valence-corrected chi connectivity index (χ2v) is 4.47. The van der Waals surface area contributed by atoms with E-state index in [1.165, 1.54) is 12.8 Å². The first kappa shape index (κ1) is 21.6. The first-order valence-electron chi connectivity index (χ1n) is 6.49. The van der Waals surface area contributed by atoms with Crippen LogP contribution in [0.4, 0.5) is 0 Å². The van der Waals surface area contributed by atoms with Gasteiger partial charge in [0.15, 0.2) is 5.60 Å². The summed E-state index contributed by atoms with van der Waals surface area (Å²) in [5.41, 5.74) is 7.82. The van der Waals surface area contributed by atoms with E-state index >= 15 is 0 Å². The van der Waals surface area contributed by atoms with Crippen LogP contribution < -0.4 is 11.5 Å². The highest BCUT2D eigenvalue weighted by Crippen LogP contribution is 2.15. The third-order valence-electron chi connectivity index (χ3n) is 2.44. The van der Waals surface area contributed by atoms with Crippen molar-refractivity contribution < 1.29 is 34.8 Å². The van der Waals surface area contributed by atoms with Crippen molar-refractivity contribution in [2.75, 3.05) is 13.1 Å². The van der Waals surface area contributed by atoms with Crippen molar-refractivity contribution in [3.05, 3.63) is 0 Å². The van der Waals surface area contributed by atoms with Crippen LogP contribution in [0.25, 0.3) is 0 Å². The molecule has 0 aromatic heterocycles. The molecule has 0 saturated heterocycles. The summed E-state index contributed by atoms with van der Waals surface area (Å²) in [5.74, 6) is -5.02. The first-order chi connectivity index (χ1) is 9.69. The molecule has 0 aliphatic heterocycles. The zero-order valence-corrected chi connectivity index (χ0v) is 11.8. The Labute approximate surface area is 122 Å². The molecule has 0 radical (unpaired) electrons. The average molecular weight is 308 g/mol. The zero-order chi connectivity index (χ0) is 16.9. The molecule has 0 aromatic carbocycles. The molecule has 21 heavy (non-hydrogen) atoms. The lowest BCUT2D eigenvalue weighted by molar-refractivity contribution is -0.170. The molecule has 0 spiro atoms. The number of carbonyl (C=O) groups is 3. The van der Waals surface area contributed by atoms with Gasteiger partial charge in [0, 0.05) is 0 Å². The van der Waals surface area contributed by atoms with Crippen molar-refractivity contribution in [2.24, 2.45) is 11.5 Å². The fraction of sp³-hybridized carbons (Fsp3) is 0.750. The Morgan fingerprint density at radius 3 is 1.29 bits per heavy atom. The highest BCUT2D eigenvalue weighted by Gasteiger charge is 2.40. The van der Waals surface area contributed by atoms with Crippen LogP contribution >= 0.6 is 0 Å². The zero-order valence-electron chi connectivity index (χ0n) is 11.8. The maximum Gasteiger partial charge on any atom is 0.336 e. The van der Waals surface area contributed by atoms with E-state index in [2.05, 4.69) is 0 Å². The van der Waals surface area contributed by atoms with E-state index in [4.69, 9.17) is 31.9 Å². The number of hydrogen-bond acceptors (Lipinski definition) is 6. The van der Waals surface area contributed by atoms with Crippen molar-refractivity contribution in [1.29, 1.82) is 0 Å². The van der Waals surface area contributed by atoms with Gasteiger partial charge in [-0.3, -0.25) is 9.59 Å². The van der Waals surface area contributed by atoms with Crippen LogP contribution in [0.3, 0.4) is 0 Å². The fourth-order valence-electron chi connectivity index (χ4n) is 1.36. The van der Waals surface area contributed by atoms with Gasteiger partial charge in [-0.15, -0.1) is 0 Å². The van der Waals surface area contributed by atoms with Gasteiger partial charge < -0.3 is 31.9 Å². The summed E-state index contributed by atoms with van der Waals surface area (Å²) >= 11 is 0. The summed E-state index contributed by atoms with van der Waals surface area (Å²) < 4.78 is 0. The van der Waals surface area contributed by atoms with Gasteiger partial charge in [0.05, 0.1) is 12.8 Å². The number of carboxylic acids is 3. The number of hydrogen-bond donors (Lipinski definition) is 6. The van der Waals surface area contributed by atoms with Crippen molar-refractivity contribution in [3.8, 4) is 0 Å². The Morgan fingerprint density at radius 2 is 1.10 bits per heavy atom. The molecule has 9 heteroatoms. The summed E-state index contributed by atoms with van der Waals surface area (Å²) in [6, 6.07) is 0. The second-order valence-electron chi connectivity index (χ2n) is 4.47. The topological polar surface area (TPSA) is 184 Å². The van der Waals surface area contributed by atoms with E-state index in [9.17, 15) is 14.4 Å². The Balaban J connectivity index is 0. The van der Waals surface area contributed by atoms with Crippen LogP contribution in [0, 0.1) is 0 Å². The number of unbranched alkanes of at least 4 members (excludes halogenated alkanes) is 3. The minimum atomic E-state index is -2.74. The molecule has 0 amide bonds. The van der Waals surface area contributed by atoms with Gasteiger partial charge in [-0.05, 0) is 25.9 Å². The maximum absolute atomic E-state index is 10.3. The van der Waals surface area contributed by atoms with E-state index in [1.807, 2.05) is 0 Å². The summed E-state index contributed by atoms with van der Waals surface area (Å²) in [7, 11) is 0. The number of aliphatic carboxylic acids is 3. The highest BCUT2D eigenvalue weighted by molar-refractivity contribution is 5.88. The number of nitrogens with two attached hydrogens (primary N) is 2. The first-order valence-corrected chi connectivity index (χ1v) is 6.49. The summed E-state index contributed by atoms with van der Waals surface area (Å²) in [6.07, 6.45) is 2.50. The molecule has 0 bridgehead atoms. The highest BCUT2D eigenvalue weighted by atomic mass is 16.4. The molecule has 0 saturated carbocycles. The van der Waals surface area contributed by atoms with E-state index in [1.54, 1.807) is 0 Å². The fourth-order valence-corrected chi connectivity index (χ4v) is 1.36. The van der Waals surface area contributed by atoms with Crippen molar-refractivity contribution >= 4 is 17.9 Å². The molecule has 0 atom stereocenters. The Kier molecular flexibility index (Phi) is 12.4. The third-order valence-corrected chi connectivity index (χ3v) is 2.44. The Hall–Kier alpha value is -1.71. The van der Waals surface area contributed by atoms with Crippen LogP contribution in [0.15, 0.2) is 0 Å². The lowest BCUT2D eigenvalue weighted by atomic mass is 9.96. The summed E-state index contributed by atoms with van der Waals surface area (Å²) in [5, 5.41) is 33.8. The average Bonchev–Trinajstić information content (AvgIpc) is 2.33. The Morgan fingerprint density at radius 1 is 0.762 bits per heavy atom. The Bertz CT molecular complexity index is 312. The number of rotatable bonds is 10. The SMILES string of the molecule is NCCCCCCN.O=C(O)CC(O)(CC(=O)O)C(=O)O. The van der Waals surface area contributed by atoms with Gasteiger partial charge in [-0.1, -0.05) is 12.8 Å². The molecule has 8 N–H and O–H groups in total. The summed E-state index contributed by atoms with van der Waals surface area (Å²) in [4.78, 5) is 30.5. The van der Waals surface area contributed by atoms with Gasteiger partial charge >= 0.3 is 17.9 Å². The van der Waals surface area contributed by atoms with E-state index < -0.39 is 36.4 Å². The quantitative estimate of drug-likeness (QED) is 0.281. The molecule has 0 fully saturated rings. The van der Waals surface area contributed by atoms with Crippen LogP contribution in [0.1, 0.15) is 38.5 Å². The number of carboxylic acid groups (broad SMARTS) is 3.